The second-order valence-electron chi connectivity index (χ2n) is 13.4. The van der Waals surface area contributed by atoms with Crippen LogP contribution >= 0.6 is 0 Å². The Kier molecular flexibility index (Phi) is 22.5. The van der Waals surface area contributed by atoms with Crippen molar-refractivity contribution in [1.82, 2.24) is 0 Å². The summed E-state index contributed by atoms with van der Waals surface area (Å²) in [7, 11) is 0. The average molecular weight is 726 g/mol. The van der Waals surface area contributed by atoms with Gasteiger partial charge in [-0.05, 0) is 97.9 Å². The number of benzene rings is 4. The molecule has 0 saturated carbocycles. The number of nitrogens with zero attached hydrogens (tertiary/aromatic N) is 2. The van der Waals surface area contributed by atoms with E-state index in [9.17, 15) is 5.53 Å². The summed E-state index contributed by atoms with van der Waals surface area (Å²) < 4.78 is 1.51. The molecule has 0 N–H and O–H groups in total. The predicted octanol–water partition coefficient (Wildman–Crippen LogP) is 14.0. The maximum absolute atomic E-state index is 11.7. The molecule has 4 aromatic carbocycles. The van der Waals surface area contributed by atoms with Crippen molar-refractivity contribution < 1.29 is 21.2 Å². The SMILES string of the molecule is CCCCCCc1cc(CCCCCC)cc(C2=CC(CCCC)=C(c3cc(CC)cc(CC)c3)[N+]2=[N-])c1.[Ni+2].[c-]1ccccc1.[c-]1ccccc1. The van der Waals surface area contributed by atoms with Crippen molar-refractivity contribution in [1.29, 1.82) is 0 Å². The number of rotatable bonds is 17. The normalized spacial score (nSPS) is 11.9. The average Bonchev–Trinajstić information content (AvgIpc) is 3.51. The van der Waals surface area contributed by atoms with Crippen LogP contribution < -0.4 is 0 Å². The second-order valence-corrected chi connectivity index (χ2v) is 13.4. The van der Waals surface area contributed by atoms with E-state index in [1.54, 1.807) is 0 Å². The van der Waals surface area contributed by atoms with Gasteiger partial charge in [-0.1, -0.05) is 91.7 Å². The minimum absolute atomic E-state index is 0. The van der Waals surface area contributed by atoms with Crippen molar-refractivity contribution in [3.63, 3.8) is 0 Å². The maximum Gasteiger partial charge on any atom is 2.00 e. The Morgan fingerprint density at radius 1 is 0.490 bits per heavy atom. The monoisotopic (exact) mass is 724 g/mol. The van der Waals surface area contributed by atoms with E-state index in [0.29, 0.717) is 0 Å². The molecule has 0 aromatic heterocycles. The van der Waals surface area contributed by atoms with Crippen molar-refractivity contribution in [2.24, 2.45) is 0 Å². The molecule has 4 aromatic rings. The third-order valence-corrected chi connectivity index (χ3v) is 9.20. The first-order valence-electron chi connectivity index (χ1n) is 19.6. The molecule has 5 rings (SSSR count). The van der Waals surface area contributed by atoms with Gasteiger partial charge in [0.2, 0.25) is 11.4 Å². The van der Waals surface area contributed by atoms with E-state index in [1.807, 2.05) is 60.7 Å². The van der Waals surface area contributed by atoms with Crippen molar-refractivity contribution in [3.05, 3.63) is 160 Å². The molecule has 0 amide bonds. The quantitative estimate of drug-likeness (QED) is 0.0448. The molecule has 274 valence electrons. The molecule has 0 saturated heterocycles. The predicted molar refractivity (Wildman–Crippen MR) is 216 cm³/mol. The summed E-state index contributed by atoms with van der Waals surface area (Å²) in [4.78, 5) is 0. The Morgan fingerprint density at radius 2 is 0.941 bits per heavy atom. The zero-order valence-electron chi connectivity index (χ0n) is 32.1. The minimum Gasteiger partial charge on any atom is -0.493 e. The van der Waals surface area contributed by atoms with E-state index in [0.717, 1.165) is 67.5 Å². The van der Waals surface area contributed by atoms with Gasteiger partial charge in [0.05, 0.1) is 0 Å². The first kappa shape index (κ1) is 43.6. The van der Waals surface area contributed by atoms with E-state index in [4.69, 9.17) is 0 Å². The van der Waals surface area contributed by atoms with Gasteiger partial charge in [-0.15, -0.1) is 0 Å². The van der Waals surface area contributed by atoms with Crippen LogP contribution in [0.15, 0.2) is 109 Å². The van der Waals surface area contributed by atoms with Crippen LogP contribution in [0.1, 0.15) is 139 Å². The minimum atomic E-state index is 0. The molecular weight excluding hydrogens is 663 g/mol. The van der Waals surface area contributed by atoms with E-state index < -0.39 is 0 Å². The molecule has 0 fully saturated rings. The van der Waals surface area contributed by atoms with Crippen molar-refractivity contribution >= 4 is 11.4 Å². The topological polar surface area (TPSA) is 25.3 Å². The standard InChI is InChI=1S/C36H52N2.2C6H5.Ni/c1-6-11-14-16-18-30-22-31(19-17-15-12-7-2)26-33(25-30)35-27-32(20-13-8-3)36(38(35)37)34-23-28(9-4)21-29(10-5)24-34;2*1-2-4-6-5-3-1;/h21-27H,6-20H2,1-5H3;2*1-5H;/q;2*-1;+2. The van der Waals surface area contributed by atoms with Gasteiger partial charge in [0.15, 0.2) is 0 Å². The molecule has 51 heavy (non-hydrogen) atoms. The molecule has 1 aliphatic rings. The van der Waals surface area contributed by atoms with Gasteiger partial charge in [-0.3, -0.25) is 0 Å². The zero-order valence-corrected chi connectivity index (χ0v) is 33.1. The third-order valence-electron chi connectivity index (χ3n) is 9.20. The van der Waals surface area contributed by atoms with Crippen LogP contribution in [-0.2, 0) is 42.2 Å². The van der Waals surface area contributed by atoms with Crippen LogP contribution in [0.3, 0.4) is 0 Å². The zero-order chi connectivity index (χ0) is 35.8. The number of unbranched alkanes of at least 4 members (excludes halogenated alkanes) is 7. The Labute approximate surface area is 321 Å². The number of allylic oxidation sites excluding steroid dienone is 2. The van der Waals surface area contributed by atoms with Crippen LogP contribution in [0.2, 0.25) is 0 Å². The van der Waals surface area contributed by atoms with Crippen molar-refractivity contribution in [3.8, 4) is 0 Å². The fourth-order valence-corrected chi connectivity index (χ4v) is 6.32. The Bertz CT molecular complexity index is 1450. The van der Waals surface area contributed by atoms with Crippen molar-refractivity contribution in [2.75, 3.05) is 0 Å². The maximum atomic E-state index is 11.7. The fourth-order valence-electron chi connectivity index (χ4n) is 6.32. The Balaban J connectivity index is 0.000000580. The molecule has 1 aliphatic heterocycles. The summed E-state index contributed by atoms with van der Waals surface area (Å²) in [5.41, 5.74) is 22.8. The number of hydrogen-bond donors (Lipinski definition) is 0. The summed E-state index contributed by atoms with van der Waals surface area (Å²) in [5, 5.41) is 0. The summed E-state index contributed by atoms with van der Waals surface area (Å²) in [6, 6.07) is 39.0. The van der Waals surface area contributed by atoms with E-state index in [2.05, 4.69) is 89.2 Å². The first-order chi connectivity index (χ1) is 24.5. The van der Waals surface area contributed by atoms with Crippen LogP contribution in [0.5, 0.6) is 0 Å². The molecule has 0 aliphatic carbocycles. The fraction of sp³-hybridized carbons (Fsp3) is 0.417. The van der Waals surface area contributed by atoms with Gasteiger partial charge >= 0.3 is 16.5 Å². The van der Waals surface area contributed by atoms with Gasteiger partial charge in [0.25, 0.3) is 0 Å². The van der Waals surface area contributed by atoms with Crippen LogP contribution in [0.4, 0.5) is 0 Å². The summed E-state index contributed by atoms with van der Waals surface area (Å²) in [5.74, 6) is 0. The molecule has 0 radical (unpaired) electrons. The van der Waals surface area contributed by atoms with Gasteiger partial charge < -0.3 is 5.53 Å². The molecule has 0 bridgehead atoms. The van der Waals surface area contributed by atoms with Gasteiger partial charge in [0.1, 0.15) is 0 Å². The van der Waals surface area contributed by atoms with Gasteiger partial charge in [0, 0.05) is 22.8 Å². The van der Waals surface area contributed by atoms with Gasteiger partial charge in [-0.2, -0.15) is 72.8 Å². The Hall–Kier alpha value is -3.55. The molecule has 0 atom stereocenters. The van der Waals surface area contributed by atoms with E-state index >= 15 is 0 Å². The molecule has 0 unspecified atom stereocenters. The first-order valence-corrected chi connectivity index (χ1v) is 19.6. The molecule has 0 spiro atoms. The van der Waals surface area contributed by atoms with Crippen molar-refractivity contribution in [2.45, 2.75) is 131 Å². The largest absolute Gasteiger partial charge is 2.00 e. The van der Waals surface area contributed by atoms with Crippen LogP contribution in [0.25, 0.3) is 16.9 Å². The van der Waals surface area contributed by atoms with Crippen LogP contribution in [-0.4, -0.2) is 4.70 Å². The van der Waals surface area contributed by atoms with Crippen LogP contribution in [0, 0.1) is 12.1 Å². The molecule has 2 nitrogen and oxygen atoms in total. The number of aryl methyl sites for hydroxylation is 4. The number of hydrogen-bond acceptors (Lipinski definition) is 0. The second kappa shape index (κ2) is 26.3. The Morgan fingerprint density at radius 3 is 1.33 bits per heavy atom. The van der Waals surface area contributed by atoms with E-state index in [1.165, 1.54) is 83.9 Å². The summed E-state index contributed by atoms with van der Waals surface area (Å²) in [6.45, 7) is 11.2. The molecular formula is C48H62N2Ni. The van der Waals surface area contributed by atoms with Gasteiger partial charge in [-0.25, -0.2) is 4.70 Å². The third kappa shape index (κ3) is 15.7. The molecule has 3 heteroatoms. The summed E-state index contributed by atoms with van der Waals surface area (Å²) in [6.07, 6.45) is 20.0. The smallest absolute Gasteiger partial charge is 0.493 e. The van der Waals surface area contributed by atoms with E-state index in [-0.39, 0.29) is 16.5 Å². The summed E-state index contributed by atoms with van der Waals surface area (Å²) >= 11 is 0. The molecule has 1 heterocycles.